The Bertz CT molecular complexity index is 960. The molecular formula is C26H35N5O2. The minimum atomic E-state index is -0.0746. The Hall–Kier alpha value is -1.90. The monoisotopic (exact) mass is 449 g/mol. The van der Waals surface area contributed by atoms with Crippen LogP contribution >= 0.6 is 0 Å². The van der Waals surface area contributed by atoms with Crippen molar-refractivity contribution in [2.75, 3.05) is 52.5 Å². The molecule has 2 aromatic rings. The number of hydrogen-bond donors (Lipinski definition) is 0. The second kappa shape index (κ2) is 9.04. The highest BCUT2D eigenvalue weighted by Crippen LogP contribution is 2.36. The van der Waals surface area contributed by atoms with Crippen LogP contribution in [0, 0.1) is 0 Å². The van der Waals surface area contributed by atoms with Gasteiger partial charge in [-0.3, -0.25) is 14.7 Å². The van der Waals surface area contributed by atoms with Gasteiger partial charge in [-0.2, -0.15) is 0 Å². The van der Waals surface area contributed by atoms with Gasteiger partial charge in [0.1, 0.15) is 6.33 Å². The Morgan fingerprint density at radius 1 is 1.03 bits per heavy atom. The van der Waals surface area contributed by atoms with Crippen molar-refractivity contribution >= 4 is 0 Å². The number of rotatable bonds is 5. The van der Waals surface area contributed by atoms with Gasteiger partial charge in [-0.1, -0.05) is 18.2 Å². The van der Waals surface area contributed by atoms with Crippen LogP contribution in [0.4, 0.5) is 0 Å². The Balaban J connectivity index is 1.08. The lowest BCUT2D eigenvalue weighted by Crippen LogP contribution is -2.61. The van der Waals surface area contributed by atoms with Crippen LogP contribution in [0.15, 0.2) is 36.9 Å². The normalized spacial score (nSPS) is 29.7. The molecule has 7 heteroatoms. The van der Waals surface area contributed by atoms with Crippen LogP contribution in [-0.4, -0.2) is 95.0 Å². The van der Waals surface area contributed by atoms with Crippen LogP contribution in [0.2, 0.25) is 0 Å². The fourth-order valence-electron chi connectivity index (χ4n) is 6.08. The van der Waals surface area contributed by atoms with Gasteiger partial charge in [-0.15, -0.1) is 0 Å². The van der Waals surface area contributed by atoms with Gasteiger partial charge >= 0.3 is 0 Å². The van der Waals surface area contributed by atoms with Crippen LogP contribution < -0.4 is 0 Å². The van der Waals surface area contributed by atoms with Crippen molar-refractivity contribution in [2.24, 2.45) is 0 Å². The van der Waals surface area contributed by atoms with E-state index < -0.39 is 0 Å². The van der Waals surface area contributed by atoms with Gasteiger partial charge in [0.05, 0.1) is 6.61 Å². The van der Waals surface area contributed by atoms with Gasteiger partial charge in [0.2, 0.25) is 0 Å². The number of benzene rings is 1. The summed E-state index contributed by atoms with van der Waals surface area (Å²) in [6.45, 7) is 11.5. The van der Waals surface area contributed by atoms with Crippen molar-refractivity contribution in [3.8, 4) is 11.1 Å². The van der Waals surface area contributed by atoms with Crippen LogP contribution in [-0.2, 0) is 22.4 Å². The highest BCUT2D eigenvalue weighted by molar-refractivity contribution is 5.63. The third kappa shape index (κ3) is 4.45. The van der Waals surface area contributed by atoms with Crippen LogP contribution in [0.5, 0.6) is 0 Å². The molecule has 0 aliphatic carbocycles. The molecule has 0 amide bonds. The smallest absolute Gasteiger partial charge is 0.158 e. The molecule has 6 rings (SSSR count). The predicted octanol–water partition coefficient (Wildman–Crippen LogP) is 2.41. The molecule has 0 bridgehead atoms. The molecule has 0 spiro atoms. The molecule has 176 valence electrons. The number of epoxide rings is 1. The Morgan fingerprint density at radius 2 is 1.85 bits per heavy atom. The van der Waals surface area contributed by atoms with Gasteiger partial charge in [-0.05, 0) is 42.9 Å². The van der Waals surface area contributed by atoms with E-state index in [0.717, 1.165) is 71.1 Å². The zero-order valence-corrected chi connectivity index (χ0v) is 19.7. The van der Waals surface area contributed by atoms with Crippen LogP contribution in [0.25, 0.3) is 11.1 Å². The molecule has 1 unspecified atom stereocenters. The first kappa shape index (κ1) is 21.6. The summed E-state index contributed by atoms with van der Waals surface area (Å²) in [5, 5.41) is 0. The summed E-state index contributed by atoms with van der Waals surface area (Å²) in [4.78, 5) is 16.3. The van der Waals surface area contributed by atoms with E-state index in [1.165, 1.54) is 29.5 Å². The van der Waals surface area contributed by atoms with Crippen molar-refractivity contribution in [3.63, 3.8) is 0 Å². The van der Waals surface area contributed by atoms with Crippen molar-refractivity contribution in [1.82, 2.24) is 24.7 Å². The fourth-order valence-corrected chi connectivity index (χ4v) is 6.08. The van der Waals surface area contributed by atoms with E-state index in [1.807, 2.05) is 12.4 Å². The lowest BCUT2D eigenvalue weighted by molar-refractivity contribution is -0.0483. The molecule has 4 aliphatic rings. The van der Waals surface area contributed by atoms with E-state index in [4.69, 9.17) is 9.47 Å². The molecule has 2 atom stereocenters. The molecule has 1 aromatic heterocycles. The number of fused-ring (bicyclic) bond motifs is 1. The van der Waals surface area contributed by atoms with Crippen molar-refractivity contribution in [1.29, 1.82) is 0 Å². The van der Waals surface area contributed by atoms with Gasteiger partial charge in [0.15, 0.2) is 5.72 Å². The Labute approximate surface area is 196 Å². The first-order valence-corrected chi connectivity index (χ1v) is 12.5. The molecule has 0 saturated carbocycles. The van der Waals surface area contributed by atoms with E-state index in [0.29, 0.717) is 12.1 Å². The zero-order valence-electron chi connectivity index (χ0n) is 19.7. The largest absolute Gasteiger partial charge is 0.381 e. The molecule has 0 N–H and O–H groups in total. The average molecular weight is 450 g/mol. The topological polar surface area (TPSA) is 57.3 Å². The maximum Gasteiger partial charge on any atom is 0.158 e. The minimum Gasteiger partial charge on any atom is -0.381 e. The summed E-state index contributed by atoms with van der Waals surface area (Å²) in [6.07, 6.45) is 8.81. The number of ether oxygens (including phenoxy) is 2. The van der Waals surface area contributed by atoms with E-state index in [2.05, 4.69) is 49.8 Å². The molecule has 3 saturated heterocycles. The lowest BCUT2D eigenvalue weighted by atomic mass is 9.95. The van der Waals surface area contributed by atoms with Crippen LogP contribution in [0.1, 0.15) is 30.9 Å². The first-order chi connectivity index (χ1) is 16.2. The van der Waals surface area contributed by atoms with Crippen molar-refractivity contribution < 1.29 is 9.47 Å². The standard InChI is InChI=1S/C26H35N5O2/c1-20-15-30(8-9-31(20)25-5-10-32-11-6-25)26(18-33-26)17-29-7-4-22-12-21(2-3-23(22)16-29)24-13-27-19-28-14-24/h2-3,12-14,19-20,25H,4-11,15-18H2,1H3/t20-,26?/m0/s1. The van der Waals surface area contributed by atoms with Gasteiger partial charge in [0, 0.05) is 82.5 Å². The average Bonchev–Trinajstić information content (AvgIpc) is 3.65. The highest BCUT2D eigenvalue weighted by Gasteiger charge is 2.53. The van der Waals surface area contributed by atoms with Gasteiger partial charge < -0.3 is 9.47 Å². The lowest BCUT2D eigenvalue weighted by Gasteiger charge is -2.47. The summed E-state index contributed by atoms with van der Waals surface area (Å²) < 4.78 is 11.7. The van der Waals surface area contributed by atoms with Crippen LogP contribution in [0.3, 0.4) is 0 Å². The second-order valence-electron chi connectivity index (χ2n) is 10.2. The predicted molar refractivity (Wildman–Crippen MR) is 127 cm³/mol. The number of piperazine rings is 1. The number of aromatic nitrogens is 2. The minimum absolute atomic E-state index is 0.0746. The third-order valence-electron chi connectivity index (χ3n) is 8.05. The molecule has 3 fully saturated rings. The zero-order chi connectivity index (χ0) is 22.3. The fraction of sp³-hybridized carbons (Fsp3) is 0.615. The summed E-state index contributed by atoms with van der Waals surface area (Å²) in [5.74, 6) is 0. The van der Waals surface area contributed by atoms with Crippen molar-refractivity contribution in [3.05, 3.63) is 48.0 Å². The summed E-state index contributed by atoms with van der Waals surface area (Å²) in [5.41, 5.74) is 5.12. The van der Waals surface area contributed by atoms with Gasteiger partial charge in [0.25, 0.3) is 0 Å². The molecular weight excluding hydrogens is 414 g/mol. The molecule has 4 aliphatic heterocycles. The number of hydrogen-bond acceptors (Lipinski definition) is 7. The first-order valence-electron chi connectivity index (χ1n) is 12.5. The highest BCUT2D eigenvalue weighted by atomic mass is 16.6. The second-order valence-corrected chi connectivity index (χ2v) is 10.2. The van der Waals surface area contributed by atoms with E-state index >= 15 is 0 Å². The quantitative estimate of drug-likeness (QED) is 0.650. The maximum absolute atomic E-state index is 6.16. The van der Waals surface area contributed by atoms with E-state index in [1.54, 1.807) is 6.33 Å². The van der Waals surface area contributed by atoms with Gasteiger partial charge in [-0.25, -0.2) is 9.97 Å². The molecule has 7 nitrogen and oxygen atoms in total. The summed E-state index contributed by atoms with van der Waals surface area (Å²) in [7, 11) is 0. The van der Waals surface area contributed by atoms with Crippen molar-refractivity contribution in [2.45, 2.75) is 50.5 Å². The van der Waals surface area contributed by atoms with E-state index in [9.17, 15) is 0 Å². The number of nitrogens with zero attached hydrogens (tertiary/aromatic N) is 5. The Kier molecular flexibility index (Phi) is 5.92. The SMILES string of the molecule is C[C@H]1CN(C2(CN3CCc4cc(-c5cncnc5)ccc4C3)CO2)CCN1C1CCOCC1. The molecule has 0 radical (unpaired) electrons. The maximum atomic E-state index is 6.16. The summed E-state index contributed by atoms with van der Waals surface area (Å²) >= 11 is 0. The molecule has 5 heterocycles. The Morgan fingerprint density at radius 3 is 2.61 bits per heavy atom. The summed E-state index contributed by atoms with van der Waals surface area (Å²) in [6, 6.07) is 8.09. The third-order valence-corrected chi connectivity index (χ3v) is 8.05. The molecule has 1 aromatic carbocycles. The van der Waals surface area contributed by atoms with E-state index in [-0.39, 0.29) is 5.72 Å². The molecule has 33 heavy (non-hydrogen) atoms.